The third-order valence-corrected chi connectivity index (χ3v) is 9.04. The molecule has 3 aliphatic rings. The van der Waals surface area contributed by atoms with Crippen molar-refractivity contribution < 1.29 is 9.59 Å². The van der Waals surface area contributed by atoms with Crippen molar-refractivity contribution in [3.8, 4) is 0 Å². The quantitative estimate of drug-likeness (QED) is 0.464. The number of aliphatic imine (C=N–C) groups is 1. The first kappa shape index (κ1) is 25.6. The highest BCUT2D eigenvalue weighted by Crippen LogP contribution is 2.35. The summed E-state index contributed by atoms with van der Waals surface area (Å²) in [6, 6.07) is 15.9. The van der Waals surface area contributed by atoms with Crippen LogP contribution in [-0.2, 0) is 12.8 Å². The number of aryl methyl sites for hydroxylation is 1. The van der Waals surface area contributed by atoms with E-state index in [0.29, 0.717) is 35.4 Å². The number of nitrogens with one attached hydrogen (secondary N) is 1. The van der Waals surface area contributed by atoms with Gasteiger partial charge in [-0.05, 0) is 87.2 Å². The van der Waals surface area contributed by atoms with E-state index in [2.05, 4.69) is 35.4 Å². The average Bonchev–Trinajstić information content (AvgIpc) is 3.73. The third-order valence-electron chi connectivity index (χ3n) is 8.00. The minimum atomic E-state index is -0.165. The Bertz CT molecular complexity index is 1470. The molecule has 1 N–H and O–H groups in total. The Hall–Kier alpha value is -3.62. The molecule has 7 nitrogen and oxygen atoms in total. The summed E-state index contributed by atoms with van der Waals surface area (Å²) in [6.07, 6.45) is 8.75. The molecule has 1 saturated heterocycles. The van der Waals surface area contributed by atoms with Crippen LogP contribution in [0.1, 0.15) is 67.7 Å². The van der Waals surface area contributed by atoms with Crippen molar-refractivity contribution in [2.45, 2.75) is 44.2 Å². The molecular formula is C31H33N5O2S. The SMILES string of the molecule is CN(C)[C@H]1CCc2nc(NC(=O)c3cccc([C@H]4CCCN4C(=O)c4cccc(C5=CCN=C5)c4)c3)sc2C1. The number of hydrogen-bond acceptors (Lipinski definition) is 6. The molecule has 39 heavy (non-hydrogen) atoms. The van der Waals surface area contributed by atoms with E-state index in [1.165, 1.54) is 4.88 Å². The largest absolute Gasteiger partial charge is 0.332 e. The molecule has 0 radical (unpaired) electrons. The number of allylic oxidation sites excluding steroid dienone is 1. The molecule has 2 aromatic carbocycles. The number of rotatable bonds is 6. The predicted molar refractivity (Wildman–Crippen MR) is 157 cm³/mol. The summed E-state index contributed by atoms with van der Waals surface area (Å²) in [6.45, 7) is 1.39. The second-order valence-electron chi connectivity index (χ2n) is 10.7. The van der Waals surface area contributed by atoms with Crippen molar-refractivity contribution in [2.24, 2.45) is 4.99 Å². The molecule has 1 aromatic heterocycles. The van der Waals surface area contributed by atoms with Crippen molar-refractivity contribution >= 4 is 40.1 Å². The molecule has 0 unspecified atom stereocenters. The van der Waals surface area contributed by atoms with Gasteiger partial charge in [0.25, 0.3) is 11.8 Å². The monoisotopic (exact) mass is 539 g/mol. The lowest BCUT2D eigenvalue weighted by molar-refractivity contribution is 0.0735. The Kier molecular flexibility index (Phi) is 7.14. The summed E-state index contributed by atoms with van der Waals surface area (Å²) in [5.41, 5.74) is 5.43. The Morgan fingerprint density at radius 2 is 1.92 bits per heavy atom. The highest BCUT2D eigenvalue weighted by Gasteiger charge is 2.31. The molecule has 2 atom stereocenters. The maximum absolute atomic E-state index is 13.6. The summed E-state index contributed by atoms with van der Waals surface area (Å²) < 4.78 is 0. The Labute approximate surface area is 233 Å². The van der Waals surface area contributed by atoms with E-state index in [4.69, 9.17) is 4.98 Å². The number of benzene rings is 2. The zero-order valence-corrected chi connectivity index (χ0v) is 23.2. The van der Waals surface area contributed by atoms with E-state index in [0.717, 1.165) is 54.5 Å². The van der Waals surface area contributed by atoms with Gasteiger partial charge >= 0.3 is 0 Å². The van der Waals surface area contributed by atoms with Crippen LogP contribution in [0.25, 0.3) is 5.57 Å². The first-order valence-electron chi connectivity index (χ1n) is 13.6. The van der Waals surface area contributed by atoms with Crippen LogP contribution in [0.4, 0.5) is 5.13 Å². The lowest BCUT2D eigenvalue weighted by atomic mass is 9.97. The minimum absolute atomic E-state index is 0.0223. The van der Waals surface area contributed by atoms with Gasteiger partial charge in [-0.1, -0.05) is 30.3 Å². The molecule has 2 amide bonds. The summed E-state index contributed by atoms with van der Waals surface area (Å²) in [4.78, 5) is 41.3. The number of likely N-dealkylation sites (tertiary alicyclic amines) is 1. The molecular weight excluding hydrogens is 506 g/mol. The maximum Gasteiger partial charge on any atom is 0.257 e. The number of anilines is 1. The molecule has 8 heteroatoms. The topological polar surface area (TPSA) is 77.9 Å². The van der Waals surface area contributed by atoms with Crippen LogP contribution in [0.5, 0.6) is 0 Å². The van der Waals surface area contributed by atoms with E-state index in [1.54, 1.807) is 11.3 Å². The Morgan fingerprint density at radius 3 is 2.74 bits per heavy atom. The molecule has 0 bridgehead atoms. The number of likely N-dealkylation sites (N-methyl/N-ethyl adjacent to an activating group) is 1. The minimum Gasteiger partial charge on any atom is -0.332 e. The van der Waals surface area contributed by atoms with Gasteiger partial charge in [-0.3, -0.25) is 19.9 Å². The number of thiazole rings is 1. The van der Waals surface area contributed by atoms with Gasteiger partial charge in [-0.2, -0.15) is 0 Å². The number of aromatic nitrogens is 1. The van der Waals surface area contributed by atoms with Crippen molar-refractivity contribution in [1.82, 2.24) is 14.8 Å². The van der Waals surface area contributed by atoms with E-state index in [9.17, 15) is 9.59 Å². The second-order valence-corrected chi connectivity index (χ2v) is 11.8. The molecule has 1 aliphatic carbocycles. The Balaban J connectivity index is 1.17. The van der Waals surface area contributed by atoms with Crippen LogP contribution in [0.3, 0.4) is 0 Å². The zero-order chi connectivity index (χ0) is 26.9. The Morgan fingerprint density at radius 1 is 1.08 bits per heavy atom. The van der Waals surface area contributed by atoms with Gasteiger partial charge in [0.2, 0.25) is 0 Å². The fraction of sp³-hybridized carbons (Fsp3) is 0.355. The normalized spacial score (nSPS) is 20.3. The van der Waals surface area contributed by atoms with Crippen molar-refractivity contribution in [3.05, 3.63) is 87.4 Å². The molecule has 0 saturated carbocycles. The highest BCUT2D eigenvalue weighted by molar-refractivity contribution is 7.15. The van der Waals surface area contributed by atoms with Crippen molar-refractivity contribution in [1.29, 1.82) is 0 Å². The van der Waals surface area contributed by atoms with Gasteiger partial charge in [-0.25, -0.2) is 4.98 Å². The molecule has 3 aromatic rings. The van der Waals surface area contributed by atoms with Gasteiger partial charge < -0.3 is 9.80 Å². The maximum atomic E-state index is 13.6. The number of fused-ring (bicyclic) bond motifs is 1. The molecule has 200 valence electrons. The molecule has 0 spiro atoms. The third kappa shape index (κ3) is 5.31. The lowest BCUT2D eigenvalue weighted by Gasteiger charge is -2.27. The summed E-state index contributed by atoms with van der Waals surface area (Å²) >= 11 is 1.59. The van der Waals surface area contributed by atoms with E-state index in [1.807, 2.05) is 59.6 Å². The van der Waals surface area contributed by atoms with Gasteiger partial charge in [-0.15, -0.1) is 11.3 Å². The summed E-state index contributed by atoms with van der Waals surface area (Å²) in [5.74, 6) is -0.142. The standard InChI is InChI=1S/C31H33N5O2S/c1-35(2)25-11-12-26-28(18-25)39-31(33-26)34-29(37)22-8-4-7-21(17-22)27-10-5-15-36(27)30(38)23-9-3-6-20(16-23)24-13-14-32-19-24/h3-4,6-9,13,16-17,19,25,27H,5,10-12,14-15,18H2,1-2H3,(H,33,34,37)/t25-,27+/m0/s1. The van der Waals surface area contributed by atoms with Gasteiger partial charge in [0.15, 0.2) is 5.13 Å². The summed E-state index contributed by atoms with van der Waals surface area (Å²) in [7, 11) is 4.23. The average molecular weight is 540 g/mol. The molecule has 2 aliphatic heterocycles. The fourth-order valence-electron chi connectivity index (χ4n) is 5.81. The zero-order valence-electron chi connectivity index (χ0n) is 22.4. The highest BCUT2D eigenvalue weighted by atomic mass is 32.1. The fourth-order valence-corrected chi connectivity index (χ4v) is 6.88. The lowest BCUT2D eigenvalue weighted by Crippen LogP contribution is -2.32. The number of amides is 2. The number of carbonyl (C=O) groups excluding carboxylic acids is 2. The van der Waals surface area contributed by atoms with Crippen molar-refractivity contribution in [3.63, 3.8) is 0 Å². The van der Waals surface area contributed by atoms with Crippen LogP contribution in [0, 0.1) is 0 Å². The number of hydrogen-bond donors (Lipinski definition) is 1. The van der Waals surface area contributed by atoms with Crippen LogP contribution < -0.4 is 5.32 Å². The molecule has 6 rings (SSSR count). The van der Waals surface area contributed by atoms with Crippen LogP contribution in [0.15, 0.2) is 59.6 Å². The smallest absolute Gasteiger partial charge is 0.257 e. The van der Waals surface area contributed by atoms with Crippen LogP contribution in [-0.4, -0.2) is 66.0 Å². The first-order chi connectivity index (χ1) is 19.0. The van der Waals surface area contributed by atoms with Gasteiger partial charge in [0, 0.05) is 34.8 Å². The van der Waals surface area contributed by atoms with Crippen LogP contribution >= 0.6 is 11.3 Å². The van der Waals surface area contributed by atoms with Gasteiger partial charge in [0.1, 0.15) is 0 Å². The predicted octanol–water partition coefficient (Wildman–Crippen LogP) is 5.26. The molecule has 3 heterocycles. The van der Waals surface area contributed by atoms with Crippen LogP contribution in [0.2, 0.25) is 0 Å². The number of nitrogens with zero attached hydrogens (tertiary/aromatic N) is 4. The summed E-state index contributed by atoms with van der Waals surface area (Å²) in [5, 5.41) is 3.69. The van der Waals surface area contributed by atoms with Gasteiger partial charge in [0.05, 0.1) is 18.3 Å². The molecule has 1 fully saturated rings. The second kappa shape index (κ2) is 10.9. The van der Waals surface area contributed by atoms with Crippen molar-refractivity contribution in [2.75, 3.05) is 32.5 Å². The number of carbonyl (C=O) groups is 2. The van der Waals surface area contributed by atoms with E-state index < -0.39 is 0 Å². The first-order valence-corrected chi connectivity index (χ1v) is 14.5. The van der Waals surface area contributed by atoms with E-state index >= 15 is 0 Å². The van der Waals surface area contributed by atoms with E-state index in [-0.39, 0.29) is 17.9 Å².